The van der Waals surface area contributed by atoms with Crippen LogP contribution in [0.2, 0.25) is 0 Å². The third kappa shape index (κ3) is 6.01. The Labute approximate surface area is 121 Å². The SMILES string of the molecule is O[C@@H](C[NH2+]CCc1ccccc1)COC[C@H]1CCCO1. The molecule has 1 aliphatic rings. The van der Waals surface area contributed by atoms with E-state index in [4.69, 9.17) is 9.47 Å². The van der Waals surface area contributed by atoms with Gasteiger partial charge in [0, 0.05) is 13.0 Å². The lowest BCUT2D eigenvalue weighted by Crippen LogP contribution is -2.87. The summed E-state index contributed by atoms with van der Waals surface area (Å²) in [6.07, 6.45) is 3.09. The van der Waals surface area contributed by atoms with Crippen LogP contribution in [0, 0.1) is 0 Å². The summed E-state index contributed by atoms with van der Waals surface area (Å²) in [6, 6.07) is 10.4. The number of aliphatic hydroxyl groups excluding tert-OH is 1. The first kappa shape index (κ1) is 15.4. The van der Waals surface area contributed by atoms with E-state index in [1.165, 1.54) is 5.56 Å². The van der Waals surface area contributed by atoms with Gasteiger partial charge in [0.1, 0.15) is 12.6 Å². The summed E-state index contributed by atoms with van der Waals surface area (Å²) in [5.74, 6) is 0. The predicted molar refractivity (Wildman–Crippen MR) is 77.6 cm³/mol. The van der Waals surface area contributed by atoms with Gasteiger partial charge in [-0.1, -0.05) is 30.3 Å². The molecule has 0 unspecified atom stereocenters. The quantitative estimate of drug-likeness (QED) is 0.642. The monoisotopic (exact) mass is 280 g/mol. The predicted octanol–water partition coefficient (Wildman–Crippen LogP) is 0.349. The van der Waals surface area contributed by atoms with Crippen LogP contribution in [0.1, 0.15) is 18.4 Å². The van der Waals surface area contributed by atoms with E-state index >= 15 is 0 Å². The van der Waals surface area contributed by atoms with Gasteiger partial charge in [0.05, 0.1) is 25.9 Å². The highest BCUT2D eigenvalue weighted by Gasteiger charge is 2.16. The van der Waals surface area contributed by atoms with Gasteiger partial charge in [0.15, 0.2) is 0 Å². The van der Waals surface area contributed by atoms with Crippen molar-refractivity contribution < 1.29 is 19.9 Å². The summed E-state index contributed by atoms with van der Waals surface area (Å²) >= 11 is 0. The van der Waals surface area contributed by atoms with E-state index in [0.717, 1.165) is 32.4 Å². The zero-order valence-electron chi connectivity index (χ0n) is 12.0. The molecule has 2 atom stereocenters. The van der Waals surface area contributed by atoms with Crippen molar-refractivity contribution in [3.63, 3.8) is 0 Å². The lowest BCUT2D eigenvalue weighted by molar-refractivity contribution is -0.660. The minimum atomic E-state index is -0.396. The van der Waals surface area contributed by atoms with Crippen LogP contribution in [-0.2, 0) is 15.9 Å². The summed E-state index contributed by atoms with van der Waals surface area (Å²) in [6.45, 7) is 3.55. The molecule has 4 nitrogen and oxygen atoms in total. The van der Waals surface area contributed by atoms with Crippen molar-refractivity contribution in [2.24, 2.45) is 0 Å². The molecule has 0 radical (unpaired) electrons. The molecule has 1 aliphatic heterocycles. The van der Waals surface area contributed by atoms with E-state index < -0.39 is 6.10 Å². The number of quaternary nitrogens is 1. The van der Waals surface area contributed by atoms with Crippen molar-refractivity contribution in [2.45, 2.75) is 31.5 Å². The van der Waals surface area contributed by atoms with Gasteiger partial charge in [0.2, 0.25) is 0 Å². The average Bonchev–Trinajstić information content (AvgIpc) is 2.98. The Kier molecular flexibility index (Phi) is 7.01. The highest BCUT2D eigenvalue weighted by Crippen LogP contribution is 2.11. The van der Waals surface area contributed by atoms with Crippen LogP contribution in [0.15, 0.2) is 30.3 Å². The standard InChI is InChI=1S/C16H25NO3/c18-15(12-19-13-16-7-4-10-20-16)11-17-9-8-14-5-2-1-3-6-14/h1-3,5-6,15-18H,4,7-13H2/p+1/t15-,16+/m0/s1. The molecule has 0 bridgehead atoms. The van der Waals surface area contributed by atoms with Gasteiger partial charge >= 0.3 is 0 Å². The lowest BCUT2D eigenvalue weighted by atomic mass is 10.1. The topological polar surface area (TPSA) is 55.3 Å². The highest BCUT2D eigenvalue weighted by atomic mass is 16.5. The molecule has 1 fully saturated rings. The molecule has 1 aromatic carbocycles. The van der Waals surface area contributed by atoms with Crippen LogP contribution in [0.5, 0.6) is 0 Å². The molecule has 0 spiro atoms. The first-order chi connectivity index (χ1) is 9.84. The summed E-state index contributed by atoms with van der Waals surface area (Å²) in [7, 11) is 0. The molecule has 0 amide bonds. The van der Waals surface area contributed by atoms with Crippen LogP contribution in [-0.4, -0.2) is 50.2 Å². The van der Waals surface area contributed by atoms with Crippen LogP contribution >= 0.6 is 0 Å². The first-order valence-corrected chi connectivity index (χ1v) is 7.57. The Bertz CT molecular complexity index is 352. The zero-order valence-corrected chi connectivity index (χ0v) is 12.0. The van der Waals surface area contributed by atoms with Crippen molar-refractivity contribution in [1.29, 1.82) is 0 Å². The van der Waals surface area contributed by atoms with E-state index in [2.05, 4.69) is 29.6 Å². The second-order valence-electron chi connectivity index (χ2n) is 5.37. The maximum Gasteiger partial charge on any atom is 0.126 e. The van der Waals surface area contributed by atoms with Crippen molar-refractivity contribution in [3.8, 4) is 0 Å². The number of nitrogens with two attached hydrogens (primary N) is 1. The van der Waals surface area contributed by atoms with E-state index in [9.17, 15) is 5.11 Å². The first-order valence-electron chi connectivity index (χ1n) is 7.57. The fourth-order valence-electron chi connectivity index (χ4n) is 2.40. The minimum absolute atomic E-state index is 0.240. The Hall–Kier alpha value is -0.940. The highest BCUT2D eigenvalue weighted by molar-refractivity contribution is 5.14. The maximum atomic E-state index is 9.82. The van der Waals surface area contributed by atoms with Crippen molar-refractivity contribution in [1.82, 2.24) is 0 Å². The number of benzene rings is 1. The molecule has 3 N–H and O–H groups in total. The smallest absolute Gasteiger partial charge is 0.126 e. The molecule has 2 rings (SSSR count). The minimum Gasteiger partial charge on any atom is -0.385 e. The Morgan fingerprint density at radius 2 is 2.20 bits per heavy atom. The Morgan fingerprint density at radius 1 is 1.35 bits per heavy atom. The van der Waals surface area contributed by atoms with Gasteiger partial charge < -0.3 is 19.9 Å². The number of aliphatic hydroxyl groups is 1. The number of hydrogen-bond acceptors (Lipinski definition) is 3. The Morgan fingerprint density at radius 3 is 2.95 bits per heavy atom. The van der Waals surface area contributed by atoms with Crippen LogP contribution in [0.4, 0.5) is 0 Å². The molecule has 0 aliphatic carbocycles. The van der Waals surface area contributed by atoms with Crippen LogP contribution in [0.25, 0.3) is 0 Å². The fourth-order valence-corrected chi connectivity index (χ4v) is 2.40. The molecule has 20 heavy (non-hydrogen) atoms. The molecule has 4 heteroatoms. The van der Waals surface area contributed by atoms with E-state index in [-0.39, 0.29) is 6.10 Å². The largest absolute Gasteiger partial charge is 0.385 e. The molecule has 1 saturated heterocycles. The van der Waals surface area contributed by atoms with Crippen LogP contribution < -0.4 is 5.32 Å². The van der Waals surface area contributed by atoms with Gasteiger partial charge in [-0.05, 0) is 18.4 Å². The van der Waals surface area contributed by atoms with Gasteiger partial charge in [-0.3, -0.25) is 0 Å². The average molecular weight is 280 g/mol. The van der Waals surface area contributed by atoms with Gasteiger partial charge in [-0.25, -0.2) is 0 Å². The number of ether oxygens (including phenoxy) is 2. The van der Waals surface area contributed by atoms with Crippen molar-refractivity contribution >= 4 is 0 Å². The third-order valence-electron chi connectivity index (χ3n) is 3.56. The number of rotatable bonds is 9. The van der Waals surface area contributed by atoms with Gasteiger partial charge in [0.25, 0.3) is 0 Å². The molecular weight excluding hydrogens is 254 g/mol. The third-order valence-corrected chi connectivity index (χ3v) is 3.56. The van der Waals surface area contributed by atoms with Gasteiger partial charge in [-0.2, -0.15) is 0 Å². The normalized spacial score (nSPS) is 20.1. The summed E-state index contributed by atoms with van der Waals surface area (Å²) in [4.78, 5) is 0. The van der Waals surface area contributed by atoms with Gasteiger partial charge in [-0.15, -0.1) is 0 Å². The lowest BCUT2D eigenvalue weighted by Gasteiger charge is -2.13. The summed E-state index contributed by atoms with van der Waals surface area (Å²) < 4.78 is 11.0. The summed E-state index contributed by atoms with van der Waals surface area (Å²) in [5, 5.41) is 12.0. The van der Waals surface area contributed by atoms with Crippen molar-refractivity contribution in [2.75, 3.05) is 32.9 Å². The molecule has 0 aromatic heterocycles. The van der Waals surface area contributed by atoms with Crippen molar-refractivity contribution in [3.05, 3.63) is 35.9 Å². The van der Waals surface area contributed by atoms with Crippen LogP contribution in [0.3, 0.4) is 0 Å². The molecular formula is C16H26NO3+. The fraction of sp³-hybridized carbons (Fsp3) is 0.625. The van der Waals surface area contributed by atoms with E-state index in [1.807, 2.05) is 6.07 Å². The summed E-state index contributed by atoms with van der Waals surface area (Å²) in [5.41, 5.74) is 1.34. The Balaban J connectivity index is 1.46. The van der Waals surface area contributed by atoms with E-state index in [1.54, 1.807) is 0 Å². The molecule has 1 aromatic rings. The second-order valence-corrected chi connectivity index (χ2v) is 5.37. The number of hydrogen-bond donors (Lipinski definition) is 2. The molecule has 1 heterocycles. The zero-order chi connectivity index (χ0) is 14.0. The molecule has 0 saturated carbocycles. The maximum absolute atomic E-state index is 9.82. The molecule has 112 valence electrons. The van der Waals surface area contributed by atoms with E-state index in [0.29, 0.717) is 19.8 Å². The second kappa shape index (κ2) is 9.08.